The fourth-order valence-electron chi connectivity index (χ4n) is 2.48. The minimum Gasteiger partial charge on any atom is -0.482 e. The van der Waals surface area contributed by atoms with E-state index in [9.17, 15) is 14.0 Å². The summed E-state index contributed by atoms with van der Waals surface area (Å²) in [6, 6.07) is 11.9. The monoisotopic (exact) mass is 392 g/mol. The van der Waals surface area contributed by atoms with Gasteiger partial charge in [0, 0.05) is 13.1 Å². The van der Waals surface area contributed by atoms with Crippen LogP contribution in [0.2, 0.25) is 5.02 Å². The zero-order chi connectivity index (χ0) is 19.8. The van der Waals surface area contributed by atoms with Crippen LogP contribution in [0.3, 0.4) is 0 Å². The van der Waals surface area contributed by atoms with Gasteiger partial charge in [-0.2, -0.15) is 0 Å². The standard InChI is InChI=1S/C20H22ClFN2O3/c1-3-23-20(26)14(2)24(12-15-8-10-16(22)11-9-15)19(25)13-27-18-7-5-4-6-17(18)21/h4-11,14H,3,12-13H2,1-2H3,(H,23,26). The number of nitrogens with one attached hydrogen (secondary N) is 1. The third-order valence-corrected chi connectivity index (χ3v) is 4.28. The Morgan fingerprint density at radius 1 is 1.19 bits per heavy atom. The average Bonchev–Trinajstić information content (AvgIpc) is 2.66. The van der Waals surface area contributed by atoms with Crippen molar-refractivity contribution in [3.63, 3.8) is 0 Å². The molecule has 0 saturated carbocycles. The van der Waals surface area contributed by atoms with E-state index in [1.54, 1.807) is 50.2 Å². The van der Waals surface area contributed by atoms with Gasteiger partial charge in [0.05, 0.1) is 5.02 Å². The SMILES string of the molecule is CCNC(=O)C(C)N(Cc1ccc(F)cc1)C(=O)COc1ccccc1Cl. The van der Waals surface area contributed by atoms with Crippen LogP contribution in [0, 0.1) is 5.82 Å². The van der Waals surface area contributed by atoms with E-state index in [0.717, 1.165) is 0 Å². The Kier molecular flexibility index (Phi) is 7.61. The van der Waals surface area contributed by atoms with Gasteiger partial charge < -0.3 is 15.0 Å². The smallest absolute Gasteiger partial charge is 0.261 e. The van der Waals surface area contributed by atoms with Gasteiger partial charge >= 0.3 is 0 Å². The molecule has 1 unspecified atom stereocenters. The largest absolute Gasteiger partial charge is 0.482 e. The van der Waals surface area contributed by atoms with Crippen molar-refractivity contribution in [3.8, 4) is 5.75 Å². The van der Waals surface area contributed by atoms with E-state index < -0.39 is 6.04 Å². The van der Waals surface area contributed by atoms with Crippen LogP contribution < -0.4 is 10.1 Å². The van der Waals surface area contributed by atoms with Gasteiger partial charge in [-0.15, -0.1) is 0 Å². The maximum atomic E-state index is 13.1. The Bertz CT molecular complexity index is 783. The summed E-state index contributed by atoms with van der Waals surface area (Å²) in [5.74, 6) is -0.626. The molecule has 0 aliphatic carbocycles. The van der Waals surface area contributed by atoms with Crippen molar-refractivity contribution in [3.05, 3.63) is 64.9 Å². The van der Waals surface area contributed by atoms with Crippen LogP contribution in [0.1, 0.15) is 19.4 Å². The number of carbonyl (C=O) groups excluding carboxylic acids is 2. The van der Waals surface area contributed by atoms with E-state index in [1.807, 2.05) is 0 Å². The third-order valence-electron chi connectivity index (χ3n) is 3.97. The molecule has 0 aromatic heterocycles. The summed E-state index contributed by atoms with van der Waals surface area (Å²) < 4.78 is 18.7. The molecule has 0 fully saturated rings. The summed E-state index contributed by atoms with van der Waals surface area (Å²) in [5, 5.41) is 3.10. The van der Waals surface area contributed by atoms with Crippen LogP contribution in [-0.2, 0) is 16.1 Å². The molecule has 144 valence electrons. The van der Waals surface area contributed by atoms with E-state index in [1.165, 1.54) is 17.0 Å². The summed E-state index contributed by atoms with van der Waals surface area (Å²) in [6.07, 6.45) is 0. The highest BCUT2D eigenvalue weighted by atomic mass is 35.5. The predicted octanol–water partition coefficient (Wildman–Crippen LogP) is 3.41. The number of hydrogen-bond acceptors (Lipinski definition) is 3. The van der Waals surface area contributed by atoms with Gasteiger partial charge in [0.2, 0.25) is 5.91 Å². The van der Waals surface area contributed by atoms with Crippen molar-refractivity contribution in [1.82, 2.24) is 10.2 Å². The molecule has 2 rings (SSSR count). The van der Waals surface area contributed by atoms with E-state index >= 15 is 0 Å². The highest BCUT2D eigenvalue weighted by molar-refractivity contribution is 6.32. The number of likely N-dealkylation sites (N-methyl/N-ethyl adjacent to an activating group) is 1. The van der Waals surface area contributed by atoms with Gasteiger partial charge in [0.1, 0.15) is 17.6 Å². The van der Waals surface area contributed by atoms with Gasteiger partial charge in [-0.1, -0.05) is 35.9 Å². The number of ether oxygens (including phenoxy) is 1. The van der Waals surface area contributed by atoms with Crippen LogP contribution in [0.5, 0.6) is 5.75 Å². The van der Waals surface area contributed by atoms with Gasteiger partial charge in [-0.3, -0.25) is 9.59 Å². The van der Waals surface area contributed by atoms with Crippen molar-refractivity contribution in [1.29, 1.82) is 0 Å². The highest BCUT2D eigenvalue weighted by Crippen LogP contribution is 2.23. The fraction of sp³-hybridized carbons (Fsp3) is 0.300. The Hall–Kier alpha value is -2.60. The second kappa shape index (κ2) is 9.92. The lowest BCUT2D eigenvalue weighted by Gasteiger charge is -2.28. The van der Waals surface area contributed by atoms with Crippen molar-refractivity contribution in [2.75, 3.05) is 13.2 Å². The summed E-state index contributed by atoms with van der Waals surface area (Å²) in [6.45, 7) is 3.79. The summed E-state index contributed by atoms with van der Waals surface area (Å²) >= 11 is 6.04. The first kappa shape index (κ1) is 20.7. The minimum atomic E-state index is -0.711. The van der Waals surface area contributed by atoms with Crippen molar-refractivity contribution < 1.29 is 18.7 Å². The molecule has 1 atom stereocenters. The molecule has 2 aromatic rings. The molecule has 0 aliphatic rings. The zero-order valence-electron chi connectivity index (χ0n) is 15.2. The fourth-order valence-corrected chi connectivity index (χ4v) is 2.67. The van der Waals surface area contributed by atoms with Gasteiger partial charge in [0.25, 0.3) is 5.91 Å². The van der Waals surface area contributed by atoms with Crippen molar-refractivity contribution >= 4 is 23.4 Å². The molecule has 0 radical (unpaired) electrons. The van der Waals surface area contributed by atoms with Crippen molar-refractivity contribution in [2.45, 2.75) is 26.4 Å². The number of para-hydroxylation sites is 1. The number of amides is 2. The number of halogens is 2. The van der Waals surface area contributed by atoms with Crippen LogP contribution in [-0.4, -0.2) is 35.9 Å². The lowest BCUT2D eigenvalue weighted by atomic mass is 10.1. The molecule has 2 aromatic carbocycles. The number of hydrogen-bond donors (Lipinski definition) is 1. The van der Waals surface area contributed by atoms with Crippen LogP contribution in [0.25, 0.3) is 0 Å². The second-order valence-corrected chi connectivity index (χ2v) is 6.34. The average molecular weight is 393 g/mol. The van der Waals surface area contributed by atoms with Gasteiger partial charge in [-0.25, -0.2) is 4.39 Å². The molecular formula is C20H22ClFN2O3. The first-order valence-corrected chi connectivity index (χ1v) is 8.99. The normalized spacial score (nSPS) is 11.6. The van der Waals surface area contributed by atoms with Gasteiger partial charge in [-0.05, 0) is 43.7 Å². The molecular weight excluding hydrogens is 371 g/mol. The zero-order valence-corrected chi connectivity index (χ0v) is 16.0. The van der Waals surface area contributed by atoms with Crippen LogP contribution >= 0.6 is 11.6 Å². The maximum Gasteiger partial charge on any atom is 0.261 e. The quantitative estimate of drug-likeness (QED) is 0.749. The summed E-state index contributed by atoms with van der Waals surface area (Å²) in [5.41, 5.74) is 0.707. The topological polar surface area (TPSA) is 58.6 Å². The molecule has 0 bridgehead atoms. The molecule has 0 saturated heterocycles. The number of benzene rings is 2. The third kappa shape index (κ3) is 5.96. The molecule has 5 nitrogen and oxygen atoms in total. The Balaban J connectivity index is 2.14. The maximum absolute atomic E-state index is 13.1. The summed E-state index contributed by atoms with van der Waals surface area (Å²) in [7, 11) is 0. The Morgan fingerprint density at radius 2 is 1.85 bits per heavy atom. The summed E-state index contributed by atoms with van der Waals surface area (Å²) in [4.78, 5) is 26.4. The Morgan fingerprint density at radius 3 is 2.48 bits per heavy atom. The molecule has 1 N–H and O–H groups in total. The number of rotatable bonds is 8. The first-order chi connectivity index (χ1) is 12.9. The molecule has 0 spiro atoms. The predicted molar refractivity (Wildman–Crippen MR) is 102 cm³/mol. The van der Waals surface area contributed by atoms with Crippen LogP contribution in [0.4, 0.5) is 4.39 Å². The number of nitrogens with zero attached hydrogens (tertiary/aromatic N) is 1. The van der Waals surface area contributed by atoms with Crippen molar-refractivity contribution in [2.24, 2.45) is 0 Å². The lowest BCUT2D eigenvalue weighted by Crippen LogP contribution is -2.49. The number of carbonyl (C=O) groups is 2. The van der Waals surface area contributed by atoms with E-state index in [4.69, 9.17) is 16.3 Å². The van der Waals surface area contributed by atoms with E-state index in [2.05, 4.69) is 5.32 Å². The molecule has 7 heteroatoms. The minimum absolute atomic E-state index is 0.156. The van der Waals surface area contributed by atoms with Gasteiger partial charge in [0.15, 0.2) is 6.61 Å². The molecule has 2 amide bonds. The van der Waals surface area contributed by atoms with E-state index in [-0.39, 0.29) is 30.8 Å². The molecule has 0 aliphatic heterocycles. The second-order valence-electron chi connectivity index (χ2n) is 5.94. The highest BCUT2D eigenvalue weighted by Gasteiger charge is 2.26. The Labute approximate surface area is 163 Å². The molecule has 0 heterocycles. The lowest BCUT2D eigenvalue weighted by molar-refractivity contribution is -0.142. The first-order valence-electron chi connectivity index (χ1n) is 8.61. The van der Waals surface area contributed by atoms with Crippen LogP contribution in [0.15, 0.2) is 48.5 Å². The molecule has 27 heavy (non-hydrogen) atoms. The van der Waals surface area contributed by atoms with E-state index in [0.29, 0.717) is 22.9 Å².